The first kappa shape index (κ1) is 12.8. The maximum Gasteiger partial charge on any atom is 0.126 e. The molecule has 1 nitrogen and oxygen atoms in total. The number of nitrogens with one attached hydrogen (secondary N) is 1. The minimum absolute atomic E-state index is 0.125. The van der Waals surface area contributed by atoms with Gasteiger partial charge in [0, 0.05) is 15.8 Å². The van der Waals surface area contributed by atoms with Crippen LogP contribution in [0.1, 0.15) is 29.3 Å². The fourth-order valence-electron chi connectivity index (χ4n) is 2.58. The average Bonchev–Trinajstić information content (AvgIpc) is 3.12. The Balaban J connectivity index is 1.94. The van der Waals surface area contributed by atoms with E-state index < -0.39 is 0 Å². The van der Waals surface area contributed by atoms with Gasteiger partial charge in [-0.2, -0.15) is 0 Å². The third-order valence-corrected chi connectivity index (χ3v) is 5.07. The summed E-state index contributed by atoms with van der Waals surface area (Å²) in [6.07, 6.45) is 2.63. The lowest BCUT2D eigenvalue weighted by atomic mass is 10.1. The van der Waals surface area contributed by atoms with E-state index in [0.29, 0.717) is 6.04 Å². The highest BCUT2D eigenvalue weighted by Gasteiger charge is 2.32. The summed E-state index contributed by atoms with van der Waals surface area (Å²) in [5, 5.41) is 3.41. The van der Waals surface area contributed by atoms with Crippen molar-refractivity contribution in [3.8, 4) is 10.4 Å². The molecule has 0 amide bonds. The minimum Gasteiger partial charge on any atom is -0.312 e. The molecule has 1 N–H and O–H groups in total. The lowest BCUT2D eigenvalue weighted by Gasteiger charge is -2.12. The molecule has 0 saturated heterocycles. The average molecular weight is 275 g/mol. The zero-order valence-corrected chi connectivity index (χ0v) is 12.1. The van der Waals surface area contributed by atoms with Crippen molar-refractivity contribution in [1.29, 1.82) is 0 Å². The molecule has 0 bridgehead atoms. The Labute approximate surface area is 117 Å². The molecule has 3 rings (SSSR count). The van der Waals surface area contributed by atoms with E-state index in [1.54, 1.807) is 17.4 Å². The summed E-state index contributed by atoms with van der Waals surface area (Å²) in [7, 11) is 2.02. The van der Waals surface area contributed by atoms with Crippen molar-refractivity contribution in [2.24, 2.45) is 5.92 Å². The molecule has 1 saturated carbocycles. The van der Waals surface area contributed by atoms with Crippen LogP contribution in [0.5, 0.6) is 0 Å². The Hall–Kier alpha value is -1.19. The third kappa shape index (κ3) is 2.45. The van der Waals surface area contributed by atoms with E-state index in [1.807, 2.05) is 20.0 Å². The molecule has 1 fully saturated rings. The Bertz CT molecular complexity index is 586. The van der Waals surface area contributed by atoms with Crippen molar-refractivity contribution in [3.05, 3.63) is 46.6 Å². The fourth-order valence-corrected chi connectivity index (χ4v) is 3.87. The molecule has 19 heavy (non-hydrogen) atoms. The minimum atomic E-state index is -0.125. The highest BCUT2D eigenvalue weighted by atomic mass is 32.1. The number of halogens is 1. The van der Waals surface area contributed by atoms with E-state index in [0.717, 1.165) is 21.9 Å². The summed E-state index contributed by atoms with van der Waals surface area (Å²) < 4.78 is 13.6. The third-order valence-electron chi connectivity index (χ3n) is 3.87. The van der Waals surface area contributed by atoms with Gasteiger partial charge < -0.3 is 5.32 Å². The summed E-state index contributed by atoms with van der Waals surface area (Å²) in [4.78, 5) is 2.52. The van der Waals surface area contributed by atoms with E-state index in [2.05, 4.69) is 17.4 Å². The molecule has 1 heterocycles. The van der Waals surface area contributed by atoms with Crippen molar-refractivity contribution in [3.63, 3.8) is 0 Å². The second-order valence-corrected chi connectivity index (χ2v) is 6.33. The van der Waals surface area contributed by atoms with Gasteiger partial charge in [0.1, 0.15) is 5.82 Å². The largest absolute Gasteiger partial charge is 0.312 e. The van der Waals surface area contributed by atoms with Crippen LogP contribution in [0.4, 0.5) is 4.39 Å². The second-order valence-electron chi connectivity index (χ2n) is 5.22. The Morgan fingerprint density at radius 2 is 2.05 bits per heavy atom. The highest BCUT2D eigenvalue weighted by Crippen LogP contribution is 2.44. The molecule has 0 aliphatic heterocycles. The summed E-state index contributed by atoms with van der Waals surface area (Å²) in [5.41, 5.74) is 1.75. The van der Waals surface area contributed by atoms with Gasteiger partial charge >= 0.3 is 0 Å². The summed E-state index contributed by atoms with van der Waals surface area (Å²) >= 11 is 1.78. The molecule has 0 spiro atoms. The standard InChI is InChI=1S/C16H18FNS/c1-10-12(4-3-5-13(10)17)14-8-9-15(19-14)16(18-2)11-6-7-11/h3-5,8-9,11,16,18H,6-7H2,1-2H3. The molecule has 0 radical (unpaired) electrons. The second kappa shape index (κ2) is 5.06. The molecule has 100 valence electrons. The lowest BCUT2D eigenvalue weighted by Crippen LogP contribution is -2.16. The molecular formula is C16H18FNS. The van der Waals surface area contributed by atoms with Crippen LogP contribution in [0.2, 0.25) is 0 Å². The van der Waals surface area contributed by atoms with Crippen LogP contribution >= 0.6 is 11.3 Å². The SMILES string of the molecule is CNC(c1ccc(-c2cccc(F)c2C)s1)C1CC1. The van der Waals surface area contributed by atoms with Gasteiger partial charge in [0.25, 0.3) is 0 Å². The van der Waals surface area contributed by atoms with Gasteiger partial charge in [-0.05, 0) is 62.1 Å². The van der Waals surface area contributed by atoms with Crippen molar-refractivity contribution < 1.29 is 4.39 Å². The van der Waals surface area contributed by atoms with Crippen LogP contribution < -0.4 is 5.32 Å². The highest BCUT2D eigenvalue weighted by molar-refractivity contribution is 7.15. The first-order valence-corrected chi connectivity index (χ1v) is 7.55. The number of hydrogen-bond donors (Lipinski definition) is 1. The lowest BCUT2D eigenvalue weighted by molar-refractivity contribution is 0.537. The van der Waals surface area contributed by atoms with Crippen molar-refractivity contribution in [1.82, 2.24) is 5.32 Å². The van der Waals surface area contributed by atoms with Gasteiger partial charge in [-0.3, -0.25) is 0 Å². The van der Waals surface area contributed by atoms with Crippen LogP contribution in [-0.2, 0) is 0 Å². The molecule has 1 aliphatic rings. The number of thiophene rings is 1. The maximum atomic E-state index is 13.6. The first-order valence-electron chi connectivity index (χ1n) is 6.73. The van der Waals surface area contributed by atoms with Gasteiger partial charge in [-0.1, -0.05) is 12.1 Å². The van der Waals surface area contributed by atoms with Crippen molar-refractivity contribution in [2.75, 3.05) is 7.05 Å². The maximum absolute atomic E-state index is 13.6. The zero-order chi connectivity index (χ0) is 13.4. The van der Waals surface area contributed by atoms with E-state index >= 15 is 0 Å². The van der Waals surface area contributed by atoms with Crippen LogP contribution in [0.15, 0.2) is 30.3 Å². The molecule has 1 aliphatic carbocycles. The summed E-state index contributed by atoms with van der Waals surface area (Å²) in [5.74, 6) is 0.657. The molecule has 1 unspecified atom stereocenters. The molecule has 1 atom stereocenters. The first-order chi connectivity index (χ1) is 9.20. The van der Waals surface area contributed by atoms with Crippen LogP contribution in [0.25, 0.3) is 10.4 Å². The van der Waals surface area contributed by atoms with Gasteiger partial charge in [0.05, 0.1) is 0 Å². The Morgan fingerprint density at radius 3 is 2.74 bits per heavy atom. The van der Waals surface area contributed by atoms with Crippen molar-refractivity contribution in [2.45, 2.75) is 25.8 Å². The smallest absolute Gasteiger partial charge is 0.126 e. The van der Waals surface area contributed by atoms with Crippen molar-refractivity contribution >= 4 is 11.3 Å². The normalized spacial score (nSPS) is 16.6. The predicted octanol–water partition coefficient (Wildman–Crippen LogP) is 4.53. The van der Waals surface area contributed by atoms with E-state index in [-0.39, 0.29) is 5.82 Å². The van der Waals surface area contributed by atoms with Crippen LogP contribution in [0, 0.1) is 18.7 Å². The molecule has 1 aromatic carbocycles. The number of benzene rings is 1. The molecule has 3 heteroatoms. The van der Waals surface area contributed by atoms with Crippen LogP contribution in [-0.4, -0.2) is 7.05 Å². The number of rotatable bonds is 4. The monoisotopic (exact) mass is 275 g/mol. The van der Waals surface area contributed by atoms with Gasteiger partial charge in [-0.15, -0.1) is 11.3 Å². The number of hydrogen-bond acceptors (Lipinski definition) is 2. The van der Waals surface area contributed by atoms with Gasteiger partial charge in [-0.25, -0.2) is 4.39 Å². The predicted molar refractivity (Wildman–Crippen MR) is 79.0 cm³/mol. The van der Waals surface area contributed by atoms with Gasteiger partial charge in [0.2, 0.25) is 0 Å². The fraction of sp³-hybridized carbons (Fsp3) is 0.375. The van der Waals surface area contributed by atoms with E-state index in [9.17, 15) is 4.39 Å². The topological polar surface area (TPSA) is 12.0 Å². The Kier molecular flexibility index (Phi) is 3.42. The Morgan fingerprint density at radius 1 is 1.26 bits per heavy atom. The molecule has 2 aromatic rings. The molecule has 1 aromatic heterocycles. The van der Waals surface area contributed by atoms with Gasteiger partial charge in [0.15, 0.2) is 0 Å². The quantitative estimate of drug-likeness (QED) is 0.864. The molecular weight excluding hydrogens is 257 g/mol. The van der Waals surface area contributed by atoms with E-state index in [1.165, 1.54) is 23.8 Å². The van der Waals surface area contributed by atoms with Crippen LogP contribution in [0.3, 0.4) is 0 Å². The van der Waals surface area contributed by atoms with E-state index in [4.69, 9.17) is 0 Å². The summed E-state index contributed by atoms with van der Waals surface area (Å²) in [6.45, 7) is 1.85. The zero-order valence-electron chi connectivity index (χ0n) is 11.2. The summed E-state index contributed by atoms with van der Waals surface area (Å²) in [6, 6.07) is 10.1.